The van der Waals surface area contributed by atoms with Gasteiger partial charge in [-0.1, -0.05) is 407 Å². The van der Waals surface area contributed by atoms with Crippen LogP contribution in [0.5, 0.6) is 0 Å². The summed E-state index contributed by atoms with van der Waals surface area (Å²) in [6.07, 6.45) is 107. The number of likely N-dealkylation sites (N-methyl/N-ethyl adjacent to an activating group) is 1. The highest BCUT2D eigenvalue weighted by molar-refractivity contribution is 7.45. The van der Waals surface area contributed by atoms with Gasteiger partial charge in [0.15, 0.2) is 6.10 Å². The quantitative estimate of drug-likeness (QED) is 0.0195. The van der Waals surface area contributed by atoms with Crippen molar-refractivity contribution in [3.8, 4) is 0 Å². The van der Waals surface area contributed by atoms with Crippen LogP contribution in [0, 0.1) is 0 Å². The van der Waals surface area contributed by atoms with Gasteiger partial charge in [-0.2, -0.15) is 0 Å². The molecule has 10 heteroatoms. The minimum absolute atomic E-state index is 0.0314. The average molecular weight is 1380 g/mol. The van der Waals surface area contributed by atoms with E-state index in [2.05, 4.69) is 98.9 Å². The van der Waals surface area contributed by atoms with Crippen molar-refractivity contribution in [1.82, 2.24) is 0 Å². The first-order valence-electron chi connectivity index (χ1n) is 41.8. The molecule has 0 aromatic rings. The Bertz CT molecular complexity index is 1910. The first-order valence-corrected chi connectivity index (χ1v) is 43.3. The van der Waals surface area contributed by atoms with Gasteiger partial charge >= 0.3 is 11.9 Å². The molecule has 0 fully saturated rings. The Labute approximate surface area is 602 Å². The van der Waals surface area contributed by atoms with Crippen molar-refractivity contribution in [3.05, 3.63) is 85.1 Å². The van der Waals surface area contributed by atoms with Gasteiger partial charge in [-0.05, 0) is 70.6 Å². The summed E-state index contributed by atoms with van der Waals surface area (Å²) < 4.78 is 34.4. The maximum absolute atomic E-state index is 12.9. The number of carbonyl (C=O) groups is 2. The molecule has 2 unspecified atom stereocenters. The zero-order chi connectivity index (χ0) is 70.4. The van der Waals surface area contributed by atoms with Crippen LogP contribution in [0.25, 0.3) is 0 Å². The SMILES string of the molecule is CC/C=C\C/C=C\C/C=C\C/C=C\C/C=C\C/C=C\C/C=C\CCCCCCCCCCCCCCCC(=O)OC(COC(=O)CCCCCCCCCCCCCCCCCCCCCCCCCCCCCCCCCCCCCCCC)COP(=O)([O-])OCC[N+](C)(C)C. The normalized spacial score (nSPS) is 13.4. The van der Waals surface area contributed by atoms with Crippen LogP contribution < -0.4 is 4.89 Å². The molecular formula is C87H160NO8P. The first kappa shape index (κ1) is 94.2. The third kappa shape index (κ3) is 82.0. The second-order valence-electron chi connectivity index (χ2n) is 29.5. The minimum Gasteiger partial charge on any atom is -0.756 e. The molecule has 0 spiro atoms. The van der Waals surface area contributed by atoms with Crippen molar-refractivity contribution in [1.29, 1.82) is 0 Å². The Morgan fingerprint density at radius 2 is 0.588 bits per heavy atom. The smallest absolute Gasteiger partial charge is 0.306 e. The molecule has 0 heterocycles. The lowest BCUT2D eigenvalue weighted by molar-refractivity contribution is -0.870. The van der Waals surface area contributed by atoms with Crippen LogP contribution in [0.1, 0.15) is 406 Å². The number of allylic oxidation sites excluding steroid dienone is 14. The molecule has 0 aliphatic carbocycles. The summed E-state index contributed by atoms with van der Waals surface area (Å²) in [6, 6.07) is 0. The number of hydrogen-bond acceptors (Lipinski definition) is 8. The standard InChI is InChI=1S/C87H160NO8P/c1-6-8-10-12-14-16-18-20-22-24-26-28-30-32-34-36-38-40-42-43-44-46-47-49-51-53-55-57-59-61-63-65-67-69-71-73-75-77-79-86(89)93-83-85(84-95-97(91,92)94-82-81-88(3,4)5)96-87(90)80-78-76-74-72-70-68-66-64-62-60-58-56-54-52-50-48-45-41-39-37-35-33-31-29-27-25-23-21-19-17-15-13-11-9-7-2/h9,11,15,17,21,23,27,29,33,35,39,41,48,50,85H,6-8,10,12-14,16,18-20,22,24-26,28,30-32,34,36-38,40,42-47,49,51-84H2,1-5H3/b11-9-,17-15-,23-21-,29-27-,35-33-,41-39-,50-48-. The number of esters is 2. The number of rotatable bonds is 78. The molecule has 566 valence electrons. The Hall–Kier alpha value is -2.81. The maximum Gasteiger partial charge on any atom is 0.306 e. The molecule has 0 rings (SSSR count). The Kier molecular flexibility index (Phi) is 75.1. The van der Waals surface area contributed by atoms with E-state index in [9.17, 15) is 19.0 Å². The number of phosphoric acid groups is 1. The summed E-state index contributed by atoms with van der Waals surface area (Å²) >= 11 is 0. The van der Waals surface area contributed by atoms with E-state index >= 15 is 0 Å². The van der Waals surface area contributed by atoms with Crippen LogP contribution in [0.15, 0.2) is 85.1 Å². The van der Waals surface area contributed by atoms with E-state index in [-0.39, 0.29) is 32.0 Å². The van der Waals surface area contributed by atoms with Crippen molar-refractivity contribution in [2.24, 2.45) is 0 Å². The highest BCUT2D eigenvalue weighted by atomic mass is 31.2. The first-order chi connectivity index (χ1) is 47.5. The van der Waals surface area contributed by atoms with Crippen molar-refractivity contribution in [2.75, 3.05) is 47.5 Å². The van der Waals surface area contributed by atoms with E-state index in [0.29, 0.717) is 17.4 Å². The molecule has 0 aromatic heterocycles. The van der Waals surface area contributed by atoms with Crippen molar-refractivity contribution in [3.63, 3.8) is 0 Å². The highest BCUT2D eigenvalue weighted by Gasteiger charge is 2.22. The molecular weight excluding hydrogens is 1220 g/mol. The summed E-state index contributed by atoms with van der Waals surface area (Å²) in [5.74, 6) is -0.818. The predicted molar refractivity (Wildman–Crippen MR) is 420 cm³/mol. The van der Waals surface area contributed by atoms with E-state index in [4.69, 9.17) is 18.5 Å². The molecule has 0 bridgehead atoms. The maximum atomic E-state index is 12.9. The number of nitrogens with zero attached hydrogens (tertiary/aromatic N) is 1. The molecule has 2 atom stereocenters. The summed E-state index contributed by atoms with van der Waals surface area (Å²) in [5.41, 5.74) is 0. The number of unbranched alkanes of at least 4 members (excludes halogenated alkanes) is 50. The zero-order valence-corrected chi connectivity index (χ0v) is 65.7. The number of carbonyl (C=O) groups excluding carboxylic acids is 2. The van der Waals surface area contributed by atoms with Gasteiger partial charge in [0.1, 0.15) is 19.8 Å². The van der Waals surface area contributed by atoms with Crippen molar-refractivity contribution in [2.45, 2.75) is 412 Å². The Balaban J connectivity index is 3.92. The molecule has 0 N–H and O–H groups in total. The lowest BCUT2D eigenvalue weighted by atomic mass is 10.0. The van der Waals surface area contributed by atoms with E-state index < -0.39 is 26.5 Å². The van der Waals surface area contributed by atoms with E-state index in [1.807, 2.05) is 21.1 Å². The number of ether oxygens (including phenoxy) is 2. The van der Waals surface area contributed by atoms with Crippen molar-refractivity contribution >= 4 is 19.8 Å². The summed E-state index contributed by atoms with van der Waals surface area (Å²) in [6.45, 7) is 4.19. The monoisotopic (exact) mass is 1380 g/mol. The van der Waals surface area contributed by atoms with E-state index in [1.165, 1.54) is 289 Å². The lowest BCUT2D eigenvalue weighted by Gasteiger charge is -2.28. The van der Waals surface area contributed by atoms with Gasteiger partial charge in [0.2, 0.25) is 0 Å². The van der Waals surface area contributed by atoms with Crippen molar-refractivity contribution < 1.29 is 42.1 Å². The van der Waals surface area contributed by atoms with Crippen LogP contribution >= 0.6 is 7.82 Å². The lowest BCUT2D eigenvalue weighted by Crippen LogP contribution is -2.37. The molecule has 0 aliphatic heterocycles. The highest BCUT2D eigenvalue weighted by Crippen LogP contribution is 2.38. The molecule has 0 radical (unpaired) electrons. The number of phosphoric ester groups is 1. The largest absolute Gasteiger partial charge is 0.756 e. The van der Waals surface area contributed by atoms with Crippen LogP contribution in [-0.2, 0) is 32.7 Å². The fraction of sp³-hybridized carbons (Fsp3) is 0.816. The predicted octanol–water partition coefficient (Wildman–Crippen LogP) is 27.4. The van der Waals surface area contributed by atoms with Gasteiger partial charge < -0.3 is 27.9 Å². The molecule has 0 aliphatic rings. The Morgan fingerprint density at radius 3 is 0.876 bits per heavy atom. The fourth-order valence-corrected chi connectivity index (χ4v) is 13.1. The second-order valence-corrected chi connectivity index (χ2v) is 30.9. The molecule has 0 amide bonds. The third-order valence-electron chi connectivity index (χ3n) is 18.7. The van der Waals surface area contributed by atoms with Crippen LogP contribution in [0.2, 0.25) is 0 Å². The van der Waals surface area contributed by atoms with Crippen LogP contribution in [0.4, 0.5) is 0 Å². The van der Waals surface area contributed by atoms with Crippen LogP contribution in [-0.4, -0.2) is 70.0 Å². The van der Waals surface area contributed by atoms with Crippen LogP contribution in [0.3, 0.4) is 0 Å². The topological polar surface area (TPSA) is 111 Å². The van der Waals surface area contributed by atoms with Gasteiger partial charge in [-0.25, -0.2) is 0 Å². The van der Waals surface area contributed by atoms with Gasteiger partial charge in [-0.15, -0.1) is 0 Å². The van der Waals surface area contributed by atoms with Gasteiger partial charge in [0.25, 0.3) is 7.82 Å². The molecule has 97 heavy (non-hydrogen) atoms. The molecule has 9 nitrogen and oxygen atoms in total. The van der Waals surface area contributed by atoms with Gasteiger partial charge in [0, 0.05) is 12.8 Å². The summed E-state index contributed by atoms with van der Waals surface area (Å²) in [5, 5.41) is 0. The number of hydrogen-bond donors (Lipinski definition) is 0. The summed E-state index contributed by atoms with van der Waals surface area (Å²) in [4.78, 5) is 38.2. The van der Waals surface area contributed by atoms with E-state index in [1.54, 1.807) is 0 Å². The second kappa shape index (κ2) is 77.4. The fourth-order valence-electron chi connectivity index (χ4n) is 12.4. The zero-order valence-electron chi connectivity index (χ0n) is 64.8. The molecule has 0 aromatic carbocycles. The van der Waals surface area contributed by atoms with Gasteiger partial charge in [-0.3, -0.25) is 14.2 Å². The Morgan fingerprint density at radius 1 is 0.330 bits per heavy atom. The van der Waals surface area contributed by atoms with Gasteiger partial charge in [0.05, 0.1) is 27.7 Å². The molecule has 0 saturated carbocycles. The molecule has 0 saturated heterocycles. The third-order valence-corrected chi connectivity index (χ3v) is 19.6. The van der Waals surface area contributed by atoms with E-state index in [0.717, 1.165) is 83.5 Å². The average Bonchev–Trinajstić information content (AvgIpc) is 1.69. The summed E-state index contributed by atoms with van der Waals surface area (Å²) in [7, 11) is 1.18. The minimum atomic E-state index is -4.65. The number of quaternary nitrogens is 1.